The van der Waals surface area contributed by atoms with Crippen molar-refractivity contribution in [3.63, 3.8) is 0 Å². The fourth-order valence-electron chi connectivity index (χ4n) is 17.1. The number of H-pyrrole nitrogens is 4. The van der Waals surface area contributed by atoms with E-state index in [4.69, 9.17) is 34.3 Å². The van der Waals surface area contributed by atoms with Crippen LogP contribution in [0.25, 0.3) is 67.6 Å². The van der Waals surface area contributed by atoms with Crippen LogP contribution in [0.15, 0.2) is 112 Å². The molecule has 16 rings (SSSR count). The van der Waals surface area contributed by atoms with Crippen LogP contribution in [0.2, 0.25) is 0 Å². The number of aryl methyl sites for hydroxylation is 8. The molecule has 4 fully saturated rings. The maximum atomic E-state index is 13.2. The van der Waals surface area contributed by atoms with Crippen molar-refractivity contribution in [2.24, 2.45) is 0 Å². The Morgan fingerprint density at radius 2 is 0.613 bits per heavy atom. The highest BCUT2D eigenvalue weighted by Crippen LogP contribution is 2.37. The number of hydrogen-bond acceptors (Lipinski definition) is 34. The lowest BCUT2D eigenvalue weighted by Gasteiger charge is -2.39. The first-order valence-electron chi connectivity index (χ1n) is 47.5. The number of rotatable bonds is 45. The molecule has 11 N–H and O–H groups in total. The van der Waals surface area contributed by atoms with Gasteiger partial charge >= 0.3 is 0 Å². The molecule has 8 aromatic heterocycles. The summed E-state index contributed by atoms with van der Waals surface area (Å²) in [6, 6.07) is 17.0. The van der Waals surface area contributed by atoms with Crippen LogP contribution in [-0.2, 0) is 70.6 Å². The van der Waals surface area contributed by atoms with Crippen LogP contribution in [0.3, 0.4) is 0 Å². The van der Waals surface area contributed by atoms with Crippen molar-refractivity contribution in [2.45, 2.75) is 197 Å². The standard InChI is InChI=1S/C24H34N6O5S.C23H32N6O5S.C22H29N7O7S.C22H30N6O5S/c1-4-8-21-25-16(3)22-24(32)26-23(27-30(21)22)19-13-18(9-10-20(19)35-5-2)36(33,34)28-17-14-29(15-17)11-6-7-12-31;1-4-7-20-24-15(3)21-23(31)25-22(26-29(20)21)18-12-17(8-9-19(18)34-5-2)35(32,33)27-16-13-28(14-16)10-6-11-30;1-4-6-19-23-14(3)20-22(30)24-21(25-28(19)20)17-11-16(7-8-18(17)35-5-2)37(33,34)26-15-12-27(13-15)9-10-36-29(31)32;1-4-6-19-23-14(3)20-22(30)24-21(25-28(19)20)17-11-16(7-8-18(17)33-5-2)34(31,32)26-15-12-27(13-15)9-10-29/h9-10,13,17,28,31H,4-8,11-12,14-15H2,1-3H3,(H,26,27,32);8-9,12,16,27,30H,4-7,10-11,13-14H2,1-3H3,(H,25,26,31);7-8,11,15,26H,4-6,9-10,12-13H2,1-3H3,(H,24,25,30);7-8,11,15,26,29H,4-6,9-10,12-13H2,1-3H3,(H,24,25,30). The van der Waals surface area contributed by atoms with E-state index in [-0.39, 0.29) is 116 Å². The van der Waals surface area contributed by atoms with Crippen LogP contribution in [0.4, 0.5) is 0 Å². The van der Waals surface area contributed by atoms with E-state index in [9.17, 15) is 63.0 Å². The first kappa shape index (κ1) is 107. The second kappa shape index (κ2) is 47.5. The molecule has 0 unspecified atom stereocenters. The number of nitrogens with zero attached hydrogens (tertiary/aromatic N) is 17. The predicted octanol–water partition coefficient (Wildman–Crippen LogP) is 4.18. The Bertz CT molecular complexity index is 7240. The van der Waals surface area contributed by atoms with E-state index in [0.29, 0.717) is 237 Å². The van der Waals surface area contributed by atoms with Crippen LogP contribution >= 0.6 is 0 Å². The number of hydrogen-bond donors (Lipinski definition) is 11. The molecule has 4 saturated heterocycles. The summed E-state index contributed by atoms with van der Waals surface area (Å²) in [6.07, 6.45) is 8.18. The van der Waals surface area contributed by atoms with E-state index < -0.39 is 45.2 Å². The molecule has 0 saturated carbocycles. The highest BCUT2D eigenvalue weighted by atomic mass is 32.2. The number of aliphatic hydroxyl groups excluding tert-OH is 3. The van der Waals surface area contributed by atoms with Crippen molar-refractivity contribution in [3.05, 3.63) is 170 Å². The van der Waals surface area contributed by atoms with Crippen molar-refractivity contribution in [1.82, 2.24) is 117 Å². The summed E-state index contributed by atoms with van der Waals surface area (Å²) in [4.78, 5) is 103. The first-order chi connectivity index (χ1) is 67.9. The number of aromatic amines is 4. The van der Waals surface area contributed by atoms with Gasteiger partial charge in [0, 0.05) is 135 Å². The van der Waals surface area contributed by atoms with Crippen LogP contribution in [0, 0.1) is 37.8 Å². The maximum Gasteiger partial charge on any atom is 0.294 e. The number of aliphatic hydroxyl groups is 3. The third kappa shape index (κ3) is 25.3. The summed E-state index contributed by atoms with van der Waals surface area (Å²) in [5, 5.41) is 54.7. The van der Waals surface area contributed by atoms with Gasteiger partial charge in [0.1, 0.15) is 52.9 Å². The molecule has 0 amide bonds. The van der Waals surface area contributed by atoms with Crippen molar-refractivity contribution >= 4 is 62.2 Å². The Hall–Kier alpha value is -12.0. The van der Waals surface area contributed by atoms with Crippen LogP contribution in [0.1, 0.15) is 146 Å². The van der Waals surface area contributed by atoms with Crippen LogP contribution < -0.4 is 60.1 Å². The van der Waals surface area contributed by atoms with Gasteiger partial charge in [-0.3, -0.25) is 33.9 Å². The number of fused-ring (bicyclic) bond motifs is 4. The maximum absolute atomic E-state index is 13.2. The molecular formula is C91H125N25O22S4. The number of imidazole rings is 4. The van der Waals surface area contributed by atoms with Gasteiger partial charge in [0.25, 0.3) is 27.3 Å². The summed E-state index contributed by atoms with van der Waals surface area (Å²) < 4.78 is 145. The smallest absolute Gasteiger partial charge is 0.294 e. The van der Waals surface area contributed by atoms with Gasteiger partial charge in [0.05, 0.1) is 97.6 Å². The number of likely N-dealkylation sites (tertiary alicyclic amines) is 4. The number of β-amino-alcohol motifs (C(OH)–C–C–N with tert-alkyl or cyclic N) is 1. The van der Waals surface area contributed by atoms with Gasteiger partial charge in [-0.1, -0.05) is 27.7 Å². The molecule has 0 spiro atoms. The summed E-state index contributed by atoms with van der Waals surface area (Å²) in [7, 11) is -15.4. The molecule has 0 bridgehead atoms. The molecule has 51 heteroatoms. The molecule has 0 atom stereocenters. The van der Waals surface area contributed by atoms with E-state index in [1.165, 1.54) is 68.1 Å². The topological polar surface area (TPSA) is 600 Å². The normalized spacial score (nSPS) is 14.9. The molecule has 0 radical (unpaired) electrons. The molecule has 4 aliphatic heterocycles. The summed E-state index contributed by atoms with van der Waals surface area (Å²) >= 11 is 0. The molecule has 0 aliphatic carbocycles. The molecule has 770 valence electrons. The minimum absolute atomic E-state index is 0.0144. The average Bonchev–Trinajstić information content (AvgIpc) is 1.57. The van der Waals surface area contributed by atoms with E-state index in [1.54, 1.807) is 57.3 Å². The van der Waals surface area contributed by atoms with Gasteiger partial charge in [-0.25, -0.2) is 90.6 Å². The first-order valence-corrected chi connectivity index (χ1v) is 53.5. The van der Waals surface area contributed by atoms with E-state index >= 15 is 0 Å². The number of aromatic nitrogens is 16. The second-order valence-electron chi connectivity index (χ2n) is 34.7. The van der Waals surface area contributed by atoms with Crippen LogP contribution in [0.5, 0.6) is 23.0 Å². The lowest BCUT2D eigenvalue weighted by molar-refractivity contribution is -0.757. The van der Waals surface area contributed by atoms with Gasteiger partial charge in [0.15, 0.2) is 45.4 Å². The molecule has 12 aromatic rings. The third-order valence-corrected chi connectivity index (χ3v) is 29.9. The minimum Gasteiger partial charge on any atom is -0.493 e. The zero-order valence-electron chi connectivity index (χ0n) is 81.5. The zero-order chi connectivity index (χ0) is 102. The zero-order valence-corrected chi connectivity index (χ0v) is 84.8. The number of benzene rings is 4. The van der Waals surface area contributed by atoms with Gasteiger partial charge in [-0.2, -0.15) is 0 Å². The lowest BCUT2D eigenvalue weighted by Crippen LogP contribution is -2.59. The number of nitrogens with one attached hydrogen (secondary N) is 8. The molecule has 142 heavy (non-hydrogen) atoms. The molecule has 4 aromatic carbocycles. The van der Waals surface area contributed by atoms with Gasteiger partial charge in [-0.05, 0) is 180 Å². The Morgan fingerprint density at radius 3 is 0.845 bits per heavy atom. The van der Waals surface area contributed by atoms with E-state index in [2.05, 4.69) is 93.8 Å². The summed E-state index contributed by atoms with van der Waals surface area (Å²) in [5.41, 5.74) is 3.79. The molecular weight excluding hydrogens is 1920 g/mol. The molecule has 12 heterocycles. The highest BCUT2D eigenvalue weighted by molar-refractivity contribution is 7.90. The second-order valence-corrected chi connectivity index (χ2v) is 41.5. The van der Waals surface area contributed by atoms with Crippen molar-refractivity contribution < 1.29 is 77.9 Å². The number of unbranched alkanes of at least 4 members (excludes halogenated alkanes) is 1. The van der Waals surface area contributed by atoms with Crippen molar-refractivity contribution in [1.29, 1.82) is 0 Å². The Kier molecular flexibility index (Phi) is 35.9. The third-order valence-electron chi connectivity index (χ3n) is 23.8. The predicted molar refractivity (Wildman–Crippen MR) is 526 cm³/mol. The Labute approximate surface area is 819 Å². The SMILES string of the molecule is CCCc1nc(C)c2c(=O)[nH]c(-c3cc(S(=O)(=O)NC4CN(CCCCO)C4)ccc3OCC)nn12.CCCc1nc(C)c2c(=O)[nH]c(-c3cc(S(=O)(=O)NC4CN(CCCO)C4)ccc3OCC)nn12.CCCc1nc(C)c2c(=O)[nH]c(-c3cc(S(=O)(=O)NC4CN(CCO)C4)ccc3OCC)nn12.CCCc1nc(C)c2c(=O)[nH]c(-c3cc(S(=O)(=O)NC4CN(CCO[N+](=O)[O-])C4)ccc3OCC)nn12. The molecule has 4 aliphatic rings. The van der Waals surface area contributed by atoms with Crippen molar-refractivity contribution in [3.8, 4) is 68.5 Å². The van der Waals surface area contributed by atoms with Crippen LogP contribution in [-0.4, -0.2) is 308 Å². The van der Waals surface area contributed by atoms with Gasteiger partial charge < -0.3 is 63.9 Å². The monoisotopic (exact) mass is 2050 g/mol. The fraction of sp³-hybridized carbons (Fsp3) is 0.516. The number of sulfonamides is 4. The van der Waals surface area contributed by atoms with Crippen molar-refractivity contribution in [2.75, 3.05) is 131 Å². The van der Waals surface area contributed by atoms with Gasteiger partial charge in [-0.15, -0.1) is 30.5 Å². The largest absolute Gasteiger partial charge is 0.493 e. The van der Waals surface area contributed by atoms with E-state index in [0.717, 1.165) is 51.6 Å². The summed E-state index contributed by atoms with van der Waals surface area (Å²) in [5.74, 6) is 5.06. The lowest BCUT2D eigenvalue weighted by atomic mass is 10.1. The average molecular weight is 2050 g/mol. The number of ether oxygens (including phenoxy) is 4. The Balaban J connectivity index is 0.000000159. The minimum atomic E-state index is -3.92. The molecule has 47 nitrogen and oxygen atoms in total. The summed E-state index contributed by atoms with van der Waals surface area (Å²) in [6.45, 7) is 30.7. The van der Waals surface area contributed by atoms with Gasteiger partial charge in [0.2, 0.25) is 40.1 Å². The van der Waals surface area contributed by atoms with E-state index in [1.807, 2.05) is 58.3 Å². The quantitative estimate of drug-likeness (QED) is 0.0145. The highest BCUT2D eigenvalue weighted by Gasteiger charge is 2.37. The fourth-order valence-corrected chi connectivity index (χ4v) is 22.1. The Morgan fingerprint density at radius 1 is 0.366 bits per heavy atom.